The van der Waals surface area contributed by atoms with Gasteiger partial charge in [0.15, 0.2) is 9.84 Å². The van der Waals surface area contributed by atoms with E-state index in [9.17, 15) is 13.2 Å². The molecule has 7 nitrogen and oxygen atoms in total. The summed E-state index contributed by atoms with van der Waals surface area (Å²) < 4.78 is 31.8. The fourth-order valence-corrected chi connectivity index (χ4v) is 6.31. The van der Waals surface area contributed by atoms with Crippen LogP contribution in [-0.2, 0) is 21.2 Å². The lowest BCUT2D eigenvalue weighted by Gasteiger charge is -2.31. The van der Waals surface area contributed by atoms with Gasteiger partial charge in [0.2, 0.25) is 0 Å². The lowest BCUT2D eigenvalue weighted by atomic mass is 10.0. The van der Waals surface area contributed by atoms with E-state index < -0.39 is 15.1 Å². The van der Waals surface area contributed by atoms with Gasteiger partial charge in [-0.25, -0.2) is 13.4 Å². The van der Waals surface area contributed by atoms with E-state index in [0.717, 1.165) is 22.2 Å². The number of carbonyl (C=O) groups excluding carboxylic acids is 1. The minimum atomic E-state index is -3.50. The Morgan fingerprint density at radius 2 is 1.53 bits per heavy atom. The first-order chi connectivity index (χ1) is 17.5. The summed E-state index contributed by atoms with van der Waals surface area (Å²) in [6, 6.07) is 22.4. The van der Waals surface area contributed by atoms with Crippen LogP contribution in [0, 0.1) is 0 Å². The van der Waals surface area contributed by atoms with Gasteiger partial charge in [-0.15, -0.1) is 0 Å². The highest BCUT2D eigenvalue weighted by Gasteiger charge is 2.33. The van der Waals surface area contributed by atoms with E-state index in [4.69, 9.17) is 4.74 Å². The molecule has 1 saturated heterocycles. The number of hydrogen-bond acceptors (Lipinski definition) is 6. The maximum Gasteiger partial charge on any atom is 0.274 e. The molecule has 8 heteroatoms. The Hall–Kier alpha value is -3.62. The molecule has 3 aromatic carbocycles. The van der Waals surface area contributed by atoms with Crippen molar-refractivity contribution in [2.45, 2.75) is 29.6 Å². The second-order valence-corrected chi connectivity index (χ2v) is 11.2. The maximum atomic E-state index is 13.3. The summed E-state index contributed by atoms with van der Waals surface area (Å²) in [6.45, 7) is 1.28. The number of amides is 1. The van der Waals surface area contributed by atoms with Gasteiger partial charge in [0, 0.05) is 20.2 Å². The number of hydrogen-bond donors (Lipinski definition) is 0. The van der Waals surface area contributed by atoms with Crippen molar-refractivity contribution in [2.75, 3.05) is 20.2 Å². The van der Waals surface area contributed by atoms with Crippen LogP contribution >= 0.6 is 0 Å². The van der Waals surface area contributed by atoms with Gasteiger partial charge in [-0.2, -0.15) is 0 Å². The molecular formula is C28H27N3O4S. The summed E-state index contributed by atoms with van der Waals surface area (Å²) >= 11 is 0. The SMILES string of the molecule is COCc1ccc(-c2ccc(S(=O)(=O)C3CCN(C(=O)c4cnc5ccccc5n4)CC3)cc2)cc1. The molecule has 0 bridgehead atoms. The van der Waals surface area contributed by atoms with Crippen LogP contribution in [0.1, 0.15) is 28.9 Å². The predicted octanol–water partition coefficient (Wildman–Crippen LogP) is 4.52. The lowest BCUT2D eigenvalue weighted by Crippen LogP contribution is -2.42. The summed E-state index contributed by atoms with van der Waals surface area (Å²) in [7, 11) is -1.84. The Kier molecular flexibility index (Phi) is 6.80. The summed E-state index contributed by atoms with van der Waals surface area (Å²) in [5, 5.41) is -0.525. The van der Waals surface area contributed by atoms with Crippen molar-refractivity contribution in [2.24, 2.45) is 0 Å². The zero-order chi connectivity index (χ0) is 25.1. The molecule has 1 aliphatic heterocycles. The van der Waals surface area contributed by atoms with Crippen LogP contribution in [0.15, 0.2) is 83.9 Å². The minimum Gasteiger partial charge on any atom is -0.380 e. The van der Waals surface area contributed by atoms with Gasteiger partial charge in [-0.3, -0.25) is 9.78 Å². The number of fused-ring (bicyclic) bond motifs is 1. The number of ether oxygens (including phenoxy) is 1. The Morgan fingerprint density at radius 1 is 0.917 bits per heavy atom. The summed E-state index contributed by atoms with van der Waals surface area (Å²) in [5.41, 5.74) is 4.72. The molecule has 0 atom stereocenters. The third-order valence-electron chi connectivity index (χ3n) is 6.62. The van der Waals surface area contributed by atoms with E-state index in [-0.39, 0.29) is 11.6 Å². The molecule has 2 heterocycles. The van der Waals surface area contributed by atoms with Crippen molar-refractivity contribution in [3.05, 3.63) is 90.3 Å². The number of sulfone groups is 1. The first kappa shape index (κ1) is 24.1. The summed E-state index contributed by atoms with van der Waals surface area (Å²) in [5.74, 6) is -0.218. The predicted molar refractivity (Wildman–Crippen MR) is 138 cm³/mol. The number of nitrogens with zero attached hydrogens (tertiary/aromatic N) is 3. The molecule has 1 amide bonds. The summed E-state index contributed by atoms with van der Waals surface area (Å²) in [6.07, 6.45) is 2.26. The Bertz CT molecular complexity index is 1480. The fourth-order valence-electron chi connectivity index (χ4n) is 4.58. The van der Waals surface area contributed by atoms with Gasteiger partial charge in [0.1, 0.15) is 5.69 Å². The third kappa shape index (κ3) is 4.87. The highest BCUT2D eigenvalue weighted by Crippen LogP contribution is 2.28. The Balaban J connectivity index is 1.24. The molecule has 0 saturated carbocycles. The first-order valence-corrected chi connectivity index (χ1v) is 13.4. The molecule has 0 spiro atoms. The standard InChI is InChI=1S/C28H27N3O4S/c1-35-19-20-6-8-21(9-7-20)22-10-12-23(13-11-22)36(33,34)24-14-16-31(17-15-24)28(32)27-18-29-25-4-2-3-5-26(25)30-27/h2-13,18,24H,14-17,19H2,1H3. The van der Waals surface area contributed by atoms with Crippen molar-refractivity contribution in [1.29, 1.82) is 0 Å². The molecule has 0 radical (unpaired) electrons. The van der Waals surface area contributed by atoms with E-state index in [1.165, 1.54) is 6.20 Å². The van der Waals surface area contributed by atoms with E-state index in [1.807, 2.05) is 60.7 Å². The lowest BCUT2D eigenvalue weighted by molar-refractivity contribution is 0.0719. The van der Waals surface area contributed by atoms with Crippen molar-refractivity contribution >= 4 is 26.8 Å². The van der Waals surface area contributed by atoms with Gasteiger partial charge in [-0.1, -0.05) is 48.5 Å². The van der Waals surface area contributed by atoms with E-state index in [0.29, 0.717) is 43.0 Å². The quantitative estimate of drug-likeness (QED) is 0.386. The van der Waals surface area contributed by atoms with Crippen molar-refractivity contribution in [3.63, 3.8) is 0 Å². The number of methoxy groups -OCH3 is 1. The van der Waals surface area contributed by atoms with Crippen LogP contribution in [0.2, 0.25) is 0 Å². The highest BCUT2D eigenvalue weighted by molar-refractivity contribution is 7.92. The van der Waals surface area contributed by atoms with Gasteiger partial charge in [0.05, 0.1) is 34.0 Å². The molecule has 184 valence electrons. The van der Waals surface area contributed by atoms with Crippen LogP contribution in [0.4, 0.5) is 0 Å². The van der Waals surface area contributed by atoms with Crippen LogP contribution < -0.4 is 0 Å². The van der Waals surface area contributed by atoms with Crippen LogP contribution in [0.3, 0.4) is 0 Å². The second-order valence-electron chi connectivity index (χ2n) is 8.93. The summed E-state index contributed by atoms with van der Waals surface area (Å²) in [4.78, 5) is 23.7. The van der Waals surface area contributed by atoms with E-state index in [1.54, 1.807) is 24.1 Å². The molecule has 5 rings (SSSR count). The zero-order valence-corrected chi connectivity index (χ0v) is 20.8. The molecule has 1 aromatic heterocycles. The molecule has 4 aromatic rings. The molecule has 0 N–H and O–H groups in total. The number of aromatic nitrogens is 2. The molecule has 36 heavy (non-hydrogen) atoms. The molecular weight excluding hydrogens is 474 g/mol. The van der Waals surface area contributed by atoms with Crippen LogP contribution in [0.25, 0.3) is 22.2 Å². The number of rotatable bonds is 6. The van der Waals surface area contributed by atoms with Gasteiger partial charge >= 0.3 is 0 Å². The molecule has 0 unspecified atom stereocenters. The minimum absolute atomic E-state index is 0.218. The maximum absolute atomic E-state index is 13.3. The number of benzene rings is 3. The number of para-hydroxylation sites is 2. The molecule has 1 fully saturated rings. The third-order valence-corrected chi connectivity index (χ3v) is 8.90. The average molecular weight is 502 g/mol. The van der Waals surface area contributed by atoms with Crippen molar-refractivity contribution < 1.29 is 17.9 Å². The molecule has 0 aliphatic carbocycles. The largest absolute Gasteiger partial charge is 0.380 e. The average Bonchev–Trinajstić information content (AvgIpc) is 2.93. The van der Waals surface area contributed by atoms with Gasteiger partial charge < -0.3 is 9.64 Å². The van der Waals surface area contributed by atoms with E-state index in [2.05, 4.69) is 9.97 Å². The van der Waals surface area contributed by atoms with Crippen molar-refractivity contribution in [1.82, 2.24) is 14.9 Å². The number of carbonyl (C=O) groups is 1. The van der Waals surface area contributed by atoms with Crippen molar-refractivity contribution in [3.8, 4) is 11.1 Å². The zero-order valence-electron chi connectivity index (χ0n) is 20.0. The second kappa shape index (κ2) is 10.2. The smallest absolute Gasteiger partial charge is 0.274 e. The number of piperidine rings is 1. The topological polar surface area (TPSA) is 89.5 Å². The fraction of sp³-hybridized carbons (Fsp3) is 0.250. The normalized spacial score (nSPS) is 14.8. The van der Waals surface area contributed by atoms with E-state index >= 15 is 0 Å². The monoisotopic (exact) mass is 501 g/mol. The Labute approximate surface area is 210 Å². The highest BCUT2D eigenvalue weighted by atomic mass is 32.2. The van der Waals surface area contributed by atoms with Gasteiger partial charge in [-0.05, 0) is 53.8 Å². The first-order valence-electron chi connectivity index (χ1n) is 11.9. The van der Waals surface area contributed by atoms with Gasteiger partial charge in [0.25, 0.3) is 5.91 Å². The number of likely N-dealkylation sites (tertiary alicyclic amines) is 1. The Morgan fingerprint density at radius 3 is 2.17 bits per heavy atom. The van der Waals surface area contributed by atoms with Crippen LogP contribution in [-0.4, -0.2) is 54.6 Å². The molecule has 1 aliphatic rings. The van der Waals surface area contributed by atoms with Crippen LogP contribution in [0.5, 0.6) is 0 Å².